The fourth-order valence-electron chi connectivity index (χ4n) is 3.76. The minimum Gasteiger partial charge on any atom is -0.340 e. The van der Waals surface area contributed by atoms with Crippen LogP contribution in [0.2, 0.25) is 0 Å². The number of benzene rings is 1. The number of aryl methyl sites for hydroxylation is 1. The molecule has 0 aliphatic carbocycles. The molecule has 2 aromatic rings. The molecule has 1 unspecified atom stereocenters. The van der Waals surface area contributed by atoms with Crippen LogP contribution in [-0.4, -0.2) is 55.4 Å². The Labute approximate surface area is 159 Å². The minimum atomic E-state index is -3.00. The molecule has 7 nitrogen and oxygen atoms in total. The number of hydrogen-bond donors (Lipinski definition) is 0. The Morgan fingerprint density at radius 2 is 2.07 bits per heavy atom. The largest absolute Gasteiger partial charge is 0.340 e. The van der Waals surface area contributed by atoms with Gasteiger partial charge in [-0.15, -0.1) is 0 Å². The monoisotopic (exact) mass is 386 g/mol. The van der Waals surface area contributed by atoms with Gasteiger partial charge in [-0.2, -0.15) is 0 Å². The van der Waals surface area contributed by atoms with Crippen LogP contribution in [-0.2, 0) is 16.3 Å². The van der Waals surface area contributed by atoms with Crippen molar-refractivity contribution in [2.75, 3.05) is 34.9 Å². The lowest BCUT2D eigenvalue weighted by Gasteiger charge is -2.29. The van der Waals surface area contributed by atoms with Gasteiger partial charge in [-0.1, -0.05) is 18.2 Å². The number of carbonyl (C=O) groups excluding carboxylic acids is 1. The summed E-state index contributed by atoms with van der Waals surface area (Å²) in [4.78, 5) is 25.3. The standard InChI is InChI=1S/C19H22N4O3S/c1-22(15-9-12-27(25,26)13-15)19-20-10-8-16(21-19)18(24)23-11-4-6-14-5-2-3-7-17(14)23/h2-3,5,7-8,10,15H,4,6,9,11-13H2,1H3. The molecule has 0 bridgehead atoms. The van der Waals surface area contributed by atoms with E-state index in [0.29, 0.717) is 24.6 Å². The van der Waals surface area contributed by atoms with Gasteiger partial charge < -0.3 is 9.80 Å². The van der Waals surface area contributed by atoms with Gasteiger partial charge in [0.2, 0.25) is 5.95 Å². The van der Waals surface area contributed by atoms with Crippen molar-refractivity contribution in [3.63, 3.8) is 0 Å². The summed E-state index contributed by atoms with van der Waals surface area (Å²) in [6.45, 7) is 0.659. The molecule has 0 spiro atoms. The third-order valence-electron chi connectivity index (χ3n) is 5.29. The summed E-state index contributed by atoms with van der Waals surface area (Å²) in [7, 11) is -1.21. The van der Waals surface area contributed by atoms with E-state index < -0.39 is 9.84 Å². The van der Waals surface area contributed by atoms with Crippen LogP contribution >= 0.6 is 0 Å². The topological polar surface area (TPSA) is 83.5 Å². The average molecular weight is 386 g/mol. The summed E-state index contributed by atoms with van der Waals surface area (Å²) >= 11 is 0. The van der Waals surface area contributed by atoms with Gasteiger partial charge in [-0.05, 0) is 37.0 Å². The zero-order chi connectivity index (χ0) is 19.0. The Morgan fingerprint density at radius 1 is 1.26 bits per heavy atom. The highest BCUT2D eigenvalue weighted by molar-refractivity contribution is 7.91. The Kier molecular flexibility index (Phi) is 4.59. The van der Waals surface area contributed by atoms with Crippen LogP contribution in [0, 0.1) is 0 Å². The lowest BCUT2D eigenvalue weighted by Crippen LogP contribution is -2.37. The number of sulfone groups is 1. The number of rotatable bonds is 3. The van der Waals surface area contributed by atoms with Crippen molar-refractivity contribution in [1.29, 1.82) is 0 Å². The third kappa shape index (κ3) is 3.53. The van der Waals surface area contributed by atoms with Crippen molar-refractivity contribution in [3.05, 3.63) is 47.8 Å². The molecule has 8 heteroatoms. The first-order valence-electron chi connectivity index (χ1n) is 9.11. The molecule has 1 atom stereocenters. The Bertz CT molecular complexity index is 976. The average Bonchev–Trinajstić information content (AvgIpc) is 3.06. The van der Waals surface area contributed by atoms with Gasteiger partial charge in [0.15, 0.2) is 9.84 Å². The van der Waals surface area contributed by atoms with Crippen LogP contribution in [0.15, 0.2) is 36.5 Å². The highest BCUT2D eigenvalue weighted by atomic mass is 32.2. The van der Waals surface area contributed by atoms with E-state index in [2.05, 4.69) is 16.0 Å². The maximum atomic E-state index is 13.1. The van der Waals surface area contributed by atoms with Gasteiger partial charge in [-0.25, -0.2) is 18.4 Å². The predicted octanol–water partition coefficient (Wildman–Crippen LogP) is 1.69. The first-order chi connectivity index (χ1) is 12.9. The van der Waals surface area contributed by atoms with E-state index in [1.165, 1.54) is 5.56 Å². The van der Waals surface area contributed by atoms with Gasteiger partial charge in [0.25, 0.3) is 5.91 Å². The fraction of sp³-hybridized carbons (Fsp3) is 0.421. The summed E-state index contributed by atoms with van der Waals surface area (Å²) < 4.78 is 23.5. The molecule has 0 radical (unpaired) electrons. The first kappa shape index (κ1) is 17.9. The van der Waals surface area contributed by atoms with Crippen LogP contribution in [0.5, 0.6) is 0 Å². The number of aromatic nitrogens is 2. The molecule has 1 amide bonds. The third-order valence-corrected chi connectivity index (χ3v) is 7.04. The van der Waals surface area contributed by atoms with E-state index in [4.69, 9.17) is 0 Å². The molecule has 2 aliphatic rings. The Hall–Kier alpha value is -2.48. The quantitative estimate of drug-likeness (QED) is 0.798. The molecule has 3 heterocycles. The Morgan fingerprint density at radius 3 is 2.85 bits per heavy atom. The lowest BCUT2D eigenvalue weighted by atomic mass is 10.0. The van der Waals surface area contributed by atoms with E-state index >= 15 is 0 Å². The minimum absolute atomic E-state index is 0.102. The van der Waals surface area contributed by atoms with E-state index in [0.717, 1.165) is 18.5 Å². The van der Waals surface area contributed by atoms with Crippen LogP contribution in [0.1, 0.15) is 28.9 Å². The maximum absolute atomic E-state index is 13.1. The predicted molar refractivity (Wildman–Crippen MR) is 104 cm³/mol. The molecule has 0 saturated carbocycles. The summed E-state index contributed by atoms with van der Waals surface area (Å²) in [5, 5.41) is 0. The van der Waals surface area contributed by atoms with Crippen LogP contribution < -0.4 is 9.80 Å². The number of carbonyl (C=O) groups is 1. The molecule has 1 aromatic carbocycles. The highest BCUT2D eigenvalue weighted by Gasteiger charge is 2.32. The van der Waals surface area contributed by atoms with Gasteiger partial charge in [0.1, 0.15) is 5.69 Å². The maximum Gasteiger partial charge on any atom is 0.277 e. The molecule has 1 aromatic heterocycles. The normalized spacial score (nSPS) is 20.9. The SMILES string of the molecule is CN(c1nccc(C(=O)N2CCCc3ccccc32)n1)C1CCS(=O)(=O)C1. The van der Waals surface area contributed by atoms with Gasteiger partial charge in [-0.3, -0.25) is 4.79 Å². The molecular weight excluding hydrogens is 364 g/mol. The van der Waals surface area contributed by atoms with Crippen molar-refractivity contribution in [2.45, 2.75) is 25.3 Å². The van der Waals surface area contributed by atoms with Crippen molar-refractivity contribution in [1.82, 2.24) is 9.97 Å². The van der Waals surface area contributed by atoms with Crippen molar-refractivity contribution < 1.29 is 13.2 Å². The zero-order valence-electron chi connectivity index (χ0n) is 15.2. The summed E-state index contributed by atoms with van der Waals surface area (Å²) in [6, 6.07) is 9.39. The lowest BCUT2D eigenvalue weighted by molar-refractivity contribution is 0.0980. The number of hydrogen-bond acceptors (Lipinski definition) is 6. The second kappa shape index (κ2) is 6.92. The number of amides is 1. The van der Waals surface area contributed by atoms with Gasteiger partial charge >= 0.3 is 0 Å². The second-order valence-electron chi connectivity index (χ2n) is 7.10. The number of para-hydroxylation sites is 1. The van der Waals surface area contributed by atoms with E-state index in [1.807, 2.05) is 18.2 Å². The van der Waals surface area contributed by atoms with Crippen LogP contribution in [0.4, 0.5) is 11.6 Å². The zero-order valence-corrected chi connectivity index (χ0v) is 16.0. The highest BCUT2D eigenvalue weighted by Crippen LogP contribution is 2.28. The van der Waals surface area contributed by atoms with E-state index in [-0.39, 0.29) is 23.5 Å². The first-order valence-corrected chi connectivity index (χ1v) is 10.9. The van der Waals surface area contributed by atoms with Crippen LogP contribution in [0.3, 0.4) is 0 Å². The van der Waals surface area contributed by atoms with Crippen LogP contribution in [0.25, 0.3) is 0 Å². The van der Waals surface area contributed by atoms with Gasteiger partial charge in [0, 0.05) is 31.5 Å². The molecule has 0 N–H and O–H groups in total. The van der Waals surface area contributed by atoms with Crippen molar-refractivity contribution in [3.8, 4) is 0 Å². The molecule has 1 fully saturated rings. The van der Waals surface area contributed by atoms with Crippen molar-refractivity contribution in [2.24, 2.45) is 0 Å². The molecule has 4 rings (SSSR count). The molecule has 1 saturated heterocycles. The summed E-state index contributed by atoms with van der Waals surface area (Å²) in [6.07, 6.45) is 4.00. The molecule has 142 valence electrons. The van der Waals surface area contributed by atoms with E-state index in [1.54, 1.807) is 29.1 Å². The second-order valence-corrected chi connectivity index (χ2v) is 9.33. The number of anilines is 2. The van der Waals surface area contributed by atoms with Crippen molar-refractivity contribution >= 4 is 27.4 Å². The van der Waals surface area contributed by atoms with E-state index in [9.17, 15) is 13.2 Å². The summed E-state index contributed by atoms with van der Waals surface area (Å²) in [5.41, 5.74) is 2.42. The van der Waals surface area contributed by atoms with Gasteiger partial charge in [0.05, 0.1) is 11.5 Å². The molecule has 27 heavy (non-hydrogen) atoms. The summed E-state index contributed by atoms with van der Waals surface area (Å²) in [5.74, 6) is 0.516. The molecular formula is C19H22N4O3S. The fourth-order valence-corrected chi connectivity index (χ4v) is 5.54. The smallest absolute Gasteiger partial charge is 0.277 e. The molecule has 2 aliphatic heterocycles. The number of fused-ring (bicyclic) bond motifs is 1. The Balaban J connectivity index is 1.59. The number of nitrogens with zero attached hydrogens (tertiary/aromatic N) is 4.